The fraction of sp³-hybridized carbons (Fsp3) is 0.833. The Morgan fingerprint density at radius 1 is 1.35 bits per heavy atom. The summed E-state index contributed by atoms with van der Waals surface area (Å²) < 4.78 is 0. The van der Waals surface area contributed by atoms with Crippen LogP contribution < -0.4 is 5.32 Å². The van der Waals surface area contributed by atoms with Crippen LogP contribution in [0.4, 0.5) is 4.79 Å². The van der Waals surface area contributed by atoms with Crippen molar-refractivity contribution >= 4 is 11.8 Å². The Bertz CT molecular complexity index is 273. The number of rotatable bonds is 4. The molecule has 1 N–H and O–H groups in total. The number of ketones is 1. The smallest absolute Gasteiger partial charge is 0.317 e. The first-order chi connectivity index (χ1) is 8.00. The molecular formula is C12H23N3O2. The second-order valence-corrected chi connectivity index (χ2v) is 4.83. The number of Topliss-reactive ketones (excluding diaryl/α,β-unsaturated/α-hetero) is 1. The van der Waals surface area contributed by atoms with Gasteiger partial charge in [0.2, 0.25) is 0 Å². The number of urea groups is 1. The maximum Gasteiger partial charge on any atom is 0.317 e. The first kappa shape index (κ1) is 14.0. The third kappa shape index (κ3) is 4.73. The second-order valence-electron chi connectivity index (χ2n) is 4.83. The van der Waals surface area contributed by atoms with E-state index in [1.54, 1.807) is 4.90 Å². The number of nitrogens with zero attached hydrogens (tertiary/aromatic N) is 2. The molecule has 0 aliphatic carbocycles. The zero-order valence-electron chi connectivity index (χ0n) is 11.0. The highest BCUT2D eigenvalue weighted by atomic mass is 16.2. The Morgan fingerprint density at radius 2 is 1.94 bits per heavy atom. The van der Waals surface area contributed by atoms with Crippen molar-refractivity contribution in [2.24, 2.45) is 0 Å². The van der Waals surface area contributed by atoms with Crippen LogP contribution in [0.5, 0.6) is 0 Å². The summed E-state index contributed by atoms with van der Waals surface area (Å²) in [6, 6.07) is 0.254. The number of amides is 2. The van der Waals surface area contributed by atoms with E-state index in [-0.39, 0.29) is 11.8 Å². The van der Waals surface area contributed by atoms with Crippen molar-refractivity contribution in [2.45, 2.75) is 32.2 Å². The molecule has 2 amide bonds. The lowest BCUT2D eigenvalue weighted by Crippen LogP contribution is -2.48. The molecule has 0 radical (unpaired) electrons. The van der Waals surface area contributed by atoms with E-state index >= 15 is 0 Å². The van der Waals surface area contributed by atoms with Gasteiger partial charge in [-0.05, 0) is 39.9 Å². The van der Waals surface area contributed by atoms with Crippen LogP contribution in [0.1, 0.15) is 26.2 Å². The molecule has 5 heteroatoms. The Labute approximate surface area is 103 Å². The first-order valence-electron chi connectivity index (χ1n) is 6.19. The van der Waals surface area contributed by atoms with E-state index in [0.29, 0.717) is 19.0 Å². The highest BCUT2D eigenvalue weighted by Crippen LogP contribution is 2.13. The van der Waals surface area contributed by atoms with E-state index in [9.17, 15) is 9.59 Å². The van der Waals surface area contributed by atoms with E-state index < -0.39 is 0 Å². The maximum absolute atomic E-state index is 11.8. The summed E-state index contributed by atoms with van der Waals surface area (Å²) in [4.78, 5) is 26.6. The number of nitrogens with one attached hydrogen (secondary N) is 1. The molecule has 0 saturated carbocycles. The molecule has 0 bridgehead atoms. The van der Waals surface area contributed by atoms with Gasteiger partial charge < -0.3 is 15.1 Å². The molecular weight excluding hydrogens is 218 g/mol. The maximum atomic E-state index is 11.8. The van der Waals surface area contributed by atoms with Crippen LogP contribution in [0.2, 0.25) is 0 Å². The number of hydrogen-bond acceptors (Lipinski definition) is 3. The third-order valence-electron chi connectivity index (χ3n) is 3.31. The lowest BCUT2D eigenvalue weighted by molar-refractivity contribution is -0.116. The zero-order valence-corrected chi connectivity index (χ0v) is 11.0. The number of likely N-dealkylation sites (tertiary alicyclic amines) is 1. The minimum atomic E-state index is -0.0687. The van der Waals surface area contributed by atoms with Gasteiger partial charge in [0.15, 0.2) is 0 Å². The van der Waals surface area contributed by atoms with Gasteiger partial charge in [0, 0.05) is 26.1 Å². The summed E-state index contributed by atoms with van der Waals surface area (Å²) >= 11 is 0. The van der Waals surface area contributed by atoms with Crippen molar-refractivity contribution in [1.29, 1.82) is 0 Å². The molecule has 1 aliphatic rings. The van der Waals surface area contributed by atoms with Gasteiger partial charge in [0.25, 0.3) is 0 Å². The molecule has 1 fully saturated rings. The number of piperidine rings is 1. The van der Waals surface area contributed by atoms with Crippen LogP contribution in [0.25, 0.3) is 0 Å². The van der Waals surface area contributed by atoms with Crippen molar-refractivity contribution < 1.29 is 9.59 Å². The van der Waals surface area contributed by atoms with Gasteiger partial charge in [0.1, 0.15) is 5.78 Å². The van der Waals surface area contributed by atoms with Crippen LogP contribution in [0.15, 0.2) is 0 Å². The van der Waals surface area contributed by atoms with Gasteiger partial charge in [-0.1, -0.05) is 0 Å². The van der Waals surface area contributed by atoms with Crippen LogP contribution in [0, 0.1) is 0 Å². The molecule has 0 aromatic heterocycles. The van der Waals surface area contributed by atoms with Gasteiger partial charge >= 0.3 is 6.03 Å². The molecule has 5 nitrogen and oxygen atoms in total. The Kier molecular flexibility index (Phi) is 5.41. The van der Waals surface area contributed by atoms with Crippen molar-refractivity contribution in [2.75, 3.05) is 33.7 Å². The van der Waals surface area contributed by atoms with Gasteiger partial charge in [0.05, 0.1) is 0 Å². The molecule has 0 spiro atoms. The molecule has 1 aliphatic heterocycles. The predicted molar refractivity (Wildman–Crippen MR) is 67.0 cm³/mol. The molecule has 1 saturated heterocycles. The predicted octanol–water partition coefficient (Wildman–Crippen LogP) is 0.701. The van der Waals surface area contributed by atoms with E-state index in [4.69, 9.17) is 0 Å². The molecule has 1 heterocycles. The van der Waals surface area contributed by atoms with Crippen molar-refractivity contribution in [3.63, 3.8) is 0 Å². The van der Waals surface area contributed by atoms with Crippen molar-refractivity contribution in [3.05, 3.63) is 0 Å². The summed E-state index contributed by atoms with van der Waals surface area (Å²) in [6.07, 6.45) is 2.45. The van der Waals surface area contributed by atoms with Gasteiger partial charge in [-0.25, -0.2) is 4.79 Å². The van der Waals surface area contributed by atoms with E-state index in [1.165, 1.54) is 6.92 Å². The quantitative estimate of drug-likeness (QED) is 0.788. The normalized spacial score (nSPS) is 17.8. The summed E-state index contributed by atoms with van der Waals surface area (Å²) in [5.41, 5.74) is 0. The van der Waals surface area contributed by atoms with Crippen LogP contribution >= 0.6 is 0 Å². The highest BCUT2D eigenvalue weighted by Gasteiger charge is 2.23. The molecule has 0 aromatic carbocycles. The zero-order chi connectivity index (χ0) is 12.8. The molecule has 0 unspecified atom stereocenters. The van der Waals surface area contributed by atoms with E-state index in [0.717, 1.165) is 25.9 Å². The average molecular weight is 241 g/mol. The minimum Gasteiger partial charge on any atom is -0.338 e. The van der Waals surface area contributed by atoms with Gasteiger partial charge in [-0.2, -0.15) is 0 Å². The fourth-order valence-electron chi connectivity index (χ4n) is 2.02. The Morgan fingerprint density at radius 3 is 2.47 bits per heavy atom. The standard InChI is InChI=1S/C12H23N3O2/c1-10(16)4-7-13-12(17)15(3)11-5-8-14(2)9-6-11/h11H,4-9H2,1-3H3,(H,13,17). The lowest BCUT2D eigenvalue weighted by atomic mass is 10.0. The SMILES string of the molecule is CC(=O)CCNC(=O)N(C)C1CCN(C)CC1. The van der Waals surface area contributed by atoms with Crippen LogP contribution in [-0.2, 0) is 4.79 Å². The second kappa shape index (κ2) is 6.59. The van der Waals surface area contributed by atoms with Crippen molar-refractivity contribution in [1.82, 2.24) is 15.1 Å². The summed E-state index contributed by atoms with van der Waals surface area (Å²) in [7, 11) is 3.93. The fourth-order valence-corrected chi connectivity index (χ4v) is 2.02. The Balaban J connectivity index is 2.28. The largest absolute Gasteiger partial charge is 0.338 e. The summed E-state index contributed by atoms with van der Waals surface area (Å²) in [5, 5.41) is 2.77. The molecule has 98 valence electrons. The van der Waals surface area contributed by atoms with Crippen molar-refractivity contribution in [3.8, 4) is 0 Å². The third-order valence-corrected chi connectivity index (χ3v) is 3.31. The topological polar surface area (TPSA) is 52.7 Å². The summed E-state index contributed by atoms with van der Waals surface area (Å²) in [6.45, 7) is 4.05. The minimum absolute atomic E-state index is 0.0687. The monoisotopic (exact) mass is 241 g/mol. The number of carbonyl (C=O) groups excluding carboxylic acids is 2. The molecule has 17 heavy (non-hydrogen) atoms. The highest BCUT2D eigenvalue weighted by molar-refractivity contribution is 5.78. The molecule has 1 rings (SSSR count). The number of carbonyl (C=O) groups is 2. The van der Waals surface area contributed by atoms with Crippen LogP contribution in [-0.4, -0.2) is 61.4 Å². The van der Waals surface area contributed by atoms with Gasteiger partial charge in [-0.15, -0.1) is 0 Å². The molecule has 0 atom stereocenters. The number of hydrogen-bond donors (Lipinski definition) is 1. The van der Waals surface area contributed by atoms with Crippen LogP contribution in [0.3, 0.4) is 0 Å². The van der Waals surface area contributed by atoms with E-state index in [2.05, 4.69) is 17.3 Å². The average Bonchev–Trinajstić information content (AvgIpc) is 2.28. The molecule has 0 aromatic rings. The first-order valence-corrected chi connectivity index (χ1v) is 6.19. The lowest BCUT2D eigenvalue weighted by Gasteiger charge is -2.35. The Hall–Kier alpha value is -1.10. The summed E-state index contributed by atoms with van der Waals surface area (Å²) in [5.74, 6) is 0.104. The van der Waals surface area contributed by atoms with E-state index in [1.807, 2.05) is 7.05 Å². The van der Waals surface area contributed by atoms with Gasteiger partial charge in [-0.3, -0.25) is 4.79 Å².